The van der Waals surface area contributed by atoms with E-state index in [0.717, 1.165) is 5.69 Å². The maximum atomic E-state index is 13.8. The van der Waals surface area contributed by atoms with E-state index in [4.69, 9.17) is 5.73 Å². The number of aryl methyl sites for hydroxylation is 1. The van der Waals surface area contributed by atoms with Crippen LogP contribution >= 0.6 is 0 Å². The van der Waals surface area contributed by atoms with Gasteiger partial charge in [-0.25, -0.2) is 14.4 Å². The summed E-state index contributed by atoms with van der Waals surface area (Å²) in [5.41, 5.74) is 6.79. The SMILES string of the molecule is Cc1cnc(-c2ncnc(CN)c2F)cn1. The Bertz CT molecular complexity index is 497. The lowest BCUT2D eigenvalue weighted by molar-refractivity contribution is 0.595. The van der Waals surface area contributed by atoms with Crippen LogP contribution in [0.2, 0.25) is 0 Å². The second-order valence-electron chi connectivity index (χ2n) is 3.23. The molecule has 2 N–H and O–H groups in total. The first-order valence-corrected chi connectivity index (χ1v) is 4.71. The molecule has 82 valence electrons. The van der Waals surface area contributed by atoms with Crippen LogP contribution in [0.4, 0.5) is 4.39 Å². The summed E-state index contributed by atoms with van der Waals surface area (Å²) in [7, 11) is 0. The topological polar surface area (TPSA) is 77.6 Å². The molecular formula is C10H10FN5. The zero-order chi connectivity index (χ0) is 11.5. The highest BCUT2D eigenvalue weighted by Gasteiger charge is 2.12. The molecule has 0 radical (unpaired) electrons. The van der Waals surface area contributed by atoms with Crippen LogP contribution in [-0.4, -0.2) is 19.9 Å². The van der Waals surface area contributed by atoms with E-state index >= 15 is 0 Å². The third kappa shape index (κ3) is 1.87. The number of rotatable bonds is 2. The Hall–Kier alpha value is -1.95. The molecule has 0 unspecified atom stereocenters. The summed E-state index contributed by atoms with van der Waals surface area (Å²) in [5, 5.41) is 0. The van der Waals surface area contributed by atoms with E-state index in [-0.39, 0.29) is 17.9 Å². The van der Waals surface area contributed by atoms with Crippen molar-refractivity contribution >= 4 is 0 Å². The first-order valence-electron chi connectivity index (χ1n) is 4.71. The summed E-state index contributed by atoms with van der Waals surface area (Å²) in [6.45, 7) is 1.83. The van der Waals surface area contributed by atoms with Crippen LogP contribution < -0.4 is 5.73 Å². The highest BCUT2D eigenvalue weighted by molar-refractivity contribution is 5.53. The van der Waals surface area contributed by atoms with Gasteiger partial charge >= 0.3 is 0 Å². The lowest BCUT2D eigenvalue weighted by Gasteiger charge is -2.04. The van der Waals surface area contributed by atoms with Crippen LogP contribution in [0.15, 0.2) is 18.7 Å². The van der Waals surface area contributed by atoms with Crippen molar-refractivity contribution < 1.29 is 4.39 Å². The van der Waals surface area contributed by atoms with Gasteiger partial charge in [-0.15, -0.1) is 0 Å². The first kappa shape index (κ1) is 10.6. The molecule has 2 aromatic heterocycles. The van der Waals surface area contributed by atoms with Crippen LogP contribution in [0.5, 0.6) is 0 Å². The normalized spacial score (nSPS) is 10.4. The van der Waals surface area contributed by atoms with Crippen molar-refractivity contribution in [1.82, 2.24) is 19.9 Å². The van der Waals surface area contributed by atoms with Gasteiger partial charge < -0.3 is 5.73 Å². The monoisotopic (exact) mass is 219 g/mol. The lowest BCUT2D eigenvalue weighted by atomic mass is 10.2. The van der Waals surface area contributed by atoms with Crippen LogP contribution in [0.3, 0.4) is 0 Å². The minimum absolute atomic E-state index is 0.0284. The molecule has 5 nitrogen and oxygen atoms in total. The predicted octanol–water partition coefficient (Wildman–Crippen LogP) is 0.840. The molecule has 0 saturated heterocycles. The smallest absolute Gasteiger partial charge is 0.173 e. The first-order chi connectivity index (χ1) is 7.72. The van der Waals surface area contributed by atoms with Crippen LogP contribution in [0.1, 0.15) is 11.4 Å². The molecule has 0 bridgehead atoms. The molecule has 2 rings (SSSR count). The van der Waals surface area contributed by atoms with Crippen molar-refractivity contribution in [2.75, 3.05) is 0 Å². The number of hydrogen-bond acceptors (Lipinski definition) is 5. The zero-order valence-electron chi connectivity index (χ0n) is 8.68. The maximum Gasteiger partial charge on any atom is 0.173 e. The van der Waals surface area contributed by atoms with Crippen LogP contribution in [0, 0.1) is 12.7 Å². The van der Waals surface area contributed by atoms with Gasteiger partial charge in [0.05, 0.1) is 17.6 Å². The summed E-state index contributed by atoms with van der Waals surface area (Å²) in [6.07, 6.45) is 4.29. The predicted molar refractivity (Wildman–Crippen MR) is 55.6 cm³/mol. The van der Waals surface area contributed by atoms with Gasteiger partial charge in [0.15, 0.2) is 5.82 Å². The second-order valence-corrected chi connectivity index (χ2v) is 3.23. The summed E-state index contributed by atoms with van der Waals surface area (Å²) in [6, 6.07) is 0. The molecule has 0 spiro atoms. The molecule has 0 amide bonds. The molecule has 0 aromatic carbocycles. The van der Waals surface area contributed by atoms with Gasteiger partial charge in [0.2, 0.25) is 0 Å². The highest BCUT2D eigenvalue weighted by atomic mass is 19.1. The Balaban J connectivity index is 2.51. The average molecular weight is 219 g/mol. The van der Waals surface area contributed by atoms with Crippen molar-refractivity contribution in [2.24, 2.45) is 5.73 Å². The van der Waals surface area contributed by atoms with Gasteiger partial charge in [0, 0.05) is 12.7 Å². The van der Waals surface area contributed by atoms with Crippen molar-refractivity contribution in [3.05, 3.63) is 35.9 Å². The Morgan fingerprint density at radius 1 is 1.19 bits per heavy atom. The fourth-order valence-corrected chi connectivity index (χ4v) is 1.24. The van der Waals surface area contributed by atoms with E-state index in [1.807, 2.05) is 0 Å². The number of halogens is 1. The molecule has 0 aliphatic carbocycles. The quantitative estimate of drug-likeness (QED) is 0.809. The molecule has 2 aromatic rings. The molecular weight excluding hydrogens is 209 g/mol. The Labute approximate surface area is 91.6 Å². The third-order valence-electron chi connectivity index (χ3n) is 2.08. The van der Waals surface area contributed by atoms with E-state index in [1.165, 1.54) is 12.5 Å². The Morgan fingerprint density at radius 3 is 2.62 bits per heavy atom. The number of nitrogens with two attached hydrogens (primary N) is 1. The molecule has 6 heteroatoms. The van der Waals surface area contributed by atoms with Gasteiger partial charge in [0.1, 0.15) is 17.7 Å². The van der Waals surface area contributed by atoms with Gasteiger partial charge in [-0.1, -0.05) is 0 Å². The van der Waals surface area contributed by atoms with E-state index in [1.54, 1.807) is 13.1 Å². The molecule has 2 heterocycles. The maximum absolute atomic E-state index is 13.8. The molecule has 0 aliphatic rings. The number of nitrogens with zero attached hydrogens (tertiary/aromatic N) is 4. The van der Waals surface area contributed by atoms with E-state index in [9.17, 15) is 4.39 Å². The van der Waals surface area contributed by atoms with Gasteiger partial charge in [-0.05, 0) is 6.92 Å². The lowest BCUT2D eigenvalue weighted by Crippen LogP contribution is -2.06. The third-order valence-corrected chi connectivity index (χ3v) is 2.08. The largest absolute Gasteiger partial charge is 0.325 e. The number of hydrogen-bond donors (Lipinski definition) is 1. The average Bonchev–Trinajstić information content (AvgIpc) is 2.31. The Kier molecular flexibility index (Phi) is 2.82. The van der Waals surface area contributed by atoms with E-state index in [0.29, 0.717) is 5.69 Å². The van der Waals surface area contributed by atoms with Crippen molar-refractivity contribution in [2.45, 2.75) is 13.5 Å². The number of aromatic nitrogens is 4. The molecule has 0 atom stereocenters. The summed E-state index contributed by atoms with van der Waals surface area (Å²) in [5.74, 6) is -0.539. The molecule has 0 fully saturated rings. The summed E-state index contributed by atoms with van der Waals surface area (Å²) >= 11 is 0. The molecule has 0 aliphatic heterocycles. The van der Waals surface area contributed by atoms with Crippen molar-refractivity contribution in [3.63, 3.8) is 0 Å². The van der Waals surface area contributed by atoms with Gasteiger partial charge in [-0.3, -0.25) is 9.97 Å². The van der Waals surface area contributed by atoms with E-state index < -0.39 is 5.82 Å². The zero-order valence-corrected chi connectivity index (χ0v) is 8.68. The van der Waals surface area contributed by atoms with Crippen molar-refractivity contribution in [1.29, 1.82) is 0 Å². The van der Waals surface area contributed by atoms with Crippen LogP contribution in [-0.2, 0) is 6.54 Å². The molecule has 0 saturated carbocycles. The van der Waals surface area contributed by atoms with Gasteiger partial charge in [0.25, 0.3) is 0 Å². The minimum atomic E-state index is -0.539. The van der Waals surface area contributed by atoms with Gasteiger partial charge in [-0.2, -0.15) is 0 Å². The van der Waals surface area contributed by atoms with Crippen LogP contribution in [0.25, 0.3) is 11.4 Å². The standard InChI is InChI=1S/C10H10FN5/c1-6-3-14-8(4-13-6)10-9(11)7(2-12)15-5-16-10/h3-5H,2,12H2,1H3. The van der Waals surface area contributed by atoms with Crippen molar-refractivity contribution in [3.8, 4) is 11.4 Å². The minimum Gasteiger partial charge on any atom is -0.325 e. The second kappa shape index (κ2) is 4.28. The fraction of sp³-hybridized carbons (Fsp3) is 0.200. The Morgan fingerprint density at radius 2 is 2.00 bits per heavy atom. The molecule has 16 heavy (non-hydrogen) atoms. The van der Waals surface area contributed by atoms with E-state index in [2.05, 4.69) is 19.9 Å². The highest BCUT2D eigenvalue weighted by Crippen LogP contribution is 2.18. The fourth-order valence-electron chi connectivity index (χ4n) is 1.24. The summed E-state index contributed by atoms with van der Waals surface area (Å²) in [4.78, 5) is 15.7. The summed E-state index contributed by atoms with van der Waals surface area (Å²) < 4.78 is 13.8.